The molecule has 4 rings (SSSR count). The number of aromatic amines is 1. The number of H-pyrrole nitrogens is 1. The lowest BCUT2D eigenvalue weighted by atomic mass is 10.2. The van der Waals surface area contributed by atoms with Crippen molar-refractivity contribution < 1.29 is 13.9 Å². The van der Waals surface area contributed by atoms with E-state index < -0.39 is 10.0 Å². The average molecular weight is 426 g/mol. The number of anilines is 1. The summed E-state index contributed by atoms with van der Waals surface area (Å²) in [5.74, 6) is 1.54. The van der Waals surface area contributed by atoms with Crippen LogP contribution in [0.2, 0.25) is 0 Å². The first-order chi connectivity index (χ1) is 12.4. The number of nitrogens with one attached hydrogen (secondary N) is 1. The van der Waals surface area contributed by atoms with Gasteiger partial charge in [-0.05, 0) is 18.6 Å². The maximum Gasteiger partial charge on any atom is 0.211 e. The molecule has 0 spiro atoms. The van der Waals surface area contributed by atoms with Crippen molar-refractivity contribution in [2.45, 2.75) is 6.92 Å². The van der Waals surface area contributed by atoms with Crippen LogP contribution in [0.5, 0.6) is 0 Å². The van der Waals surface area contributed by atoms with Gasteiger partial charge in [0.15, 0.2) is 5.82 Å². The molecule has 28 heavy (non-hydrogen) atoms. The number of nitrogens with zero attached hydrogens (tertiary/aromatic N) is 4. The van der Waals surface area contributed by atoms with E-state index >= 15 is 0 Å². The normalized spacial score (nSPS) is 15.1. The van der Waals surface area contributed by atoms with Gasteiger partial charge in [0.25, 0.3) is 0 Å². The van der Waals surface area contributed by atoms with Crippen LogP contribution in [-0.2, 0) is 10.0 Å². The summed E-state index contributed by atoms with van der Waals surface area (Å²) in [7, 11) is -3.15. The van der Waals surface area contributed by atoms with Gasteiger partial charge in [-0.25, -0.2) is 18.4 Å². The second kappa shape index (κ2) is 8.44. The number of rotatable bonds is 3. The fourth-order valence-electron chi connectivity index (χ4n) is 3.34. The molecule has 0 amide bonds. The molecule has 1 aliphatic heterocycles. The maximum absolute atomic E-state index is 11.7. The number of aromatic nitrogens is 3. The third kappa shape index (κ3) is 4.27. The van der Waals surface area contributed by atoms with Crippen molar-refractivity contribution in [3.8, 4) is 11.3 Å². The highest BCUT2D eigenvalue weighted by Gasteiger charge is 2.26. The van der Waals surface area contributed by atoms with Gasteiger partial charge in [-0.15, -0.1) is 12.4 Å². The van der Waals surface area contributed by atoms with Gasteiger partial charge in [-0.3, -0.25) is 0 Å². The van der Waals surface area contributed by atoms with E-state index in [0.29, 0.717) is 32.0 Å². The van der Waals surface area contributed by atoms with Crippen LogP contribution in [-0.4, -0.2) is 65.6 Å². The van der Waals surface area contributed by atoms with Gasteiger partial charge in [0.05, 0.1) is 11.8 Å². The molecule has 0 saturated carbocycles. The molecule has 0 aliphatic carbocycles. The molecule has 8 nitrogen and oxygen atoms in total. The molecular formula is C18H24ClN5O3S. The fourth-order valence-corrected chi connectivity index (χ4v) is 4.17. The van der Waals surface area contributed by atoms with Crippen molar-refractivity contribution >= 4 is 39.3 Å². The Balaban J connectivity index is 0.00000140. The van der Waals surface area contributed by atoms with E-state index in [1.165, 1.54) is 10.6 Å². The van der Waals surface area contributed by atoms with Crippen LogP contribution in [0.15, 0.2) is 36.4 Å². The van der Waals surface area contributed by atoms with Crippen LogP contribution in [0.3, 0.4) is 0 Å². The van der Waals surface area contributed by atoms with Crippen LogP contribution in [0.1, 0.15) is 5.82 Å². The van der Waals surface area contributed by atoms with Gasteiger partial charge in [-0.1, -0.05) is 30.3 Å². The standard InChI is InChI=1S/C18H21N5O2S.ClH.H2O/c1-13-19-16-12-15(14-6-4-3-5-7-14)21-17(16)18(20-13)22-8-10-23(11-9-22)26(2,24)25;;/h3-7,12,21H,8-11H2,1-2H3;1H;1H2. The Morgan fingerprint density at radius 1 is 1.04 bits per heavy atom. The highest BCUT2D eigenvalue weighted by atomic mass is 35.5. The number of hydrogen-bond donors (Lipinski definition) is 1. The van der Waals surface area contributed by atoms with E-state index in [2.05, 4.69) is 32.0 Å². The smallest absolute Gasteiger partial charge is 0.211 e. The molecular weight excluding hydrogens is 402 g/mol. The molecule has 10 heteroatoms. The molecule has 1 aromatic carbocycles. The molecule has 1 fully saturated rings. The average Bonchev–Trinajstić information content (AvgIpc) is 3.05. The fraction of sp³-hybridized carbons (Fsp3) is 0.333. The molecule has 0 radical (unpaired) electrons. The van der Waals surface area contributed by atoms with Crippen LogP contribution in [0.25, 0.3) is 22.3 Å². The van der Waals surface area contributed by atoms with Gasteiger partial charge in [0.2, 0.25) is 10.0 Å². The summed E-state index contributed by atoms with van der Waals surface area (Å²) < 4.78 is 25.0. The molecule has 2 aromatic heterocycles. The molecule has 0 unspecified atom stereocenters. The van der Waals surface area contributed by atoms with E-state index in [9.17, 15) is 8.42 Å². The van der Waals surface area contributed by atoms with Crippen LogP contribution in [0, 0.1) is 6.92 Å². The number of sulfonamides is 1. The topological polar surface area (TPSA) is 114 Å². The summed E-state index contributed by atoms with van der Waals surface area (Å²) in [5, 5.41) is 0. The molecule has 3 heterocycles. The summed E-state index contributed by atoms with van der Waals surface area (Å²) in [5.41, 5.74) is 3.85. The number of benzene rings is 1. The molecule has 1 aliphatic rings. The minimum Gasteiger partial charge on any atom is -0.412 e. The maximum atomic E-state index is 11.7. The Labute approximate surface area is 170 Å². The third-order valence-corrected chi connectivity index (χ3v) is 5.97. The van der Waals surface area contributed by atoms with Crippen LogP contribution >= 0.6 is 12.4 Å². The molecule has 3 aromatic rings. The van der Waals surface area contributed by atoms with Gasteiger partial charge in [0, 0.05) is 31.9 Å². The lowest BCUT2D eigenvalue weighted by Gasteiger charge is -2.34. The number of hydrogen-bond acceptors (Lipinski definition) is 5. The lowest BCUT2D eigenvalue weighted by molar-refractivity contribution is 0.387. The Kier molecular flexibility index (Phi) is 6.66. The first-order valence-electron chi connectivity index (χ1n) is 8.55. The number of fused-ring (bicyclic) bond motifs is 1. The highest BCUT2D eigenvalue weighted by Crippen LogP contribution is 2.29. The van der Waals surface area contributed by atoms with Crippen molar-refractivity contribution in [1.29, 1.82) is 0 Å². The van der Waals surface area contributed by atoms with Crippen molar-refractivity contribution in [1.82, 2.24) is 19.3 Å². The number of aryl methyl sites for hydroxylation is 1. The van der Waals surface area contributed by atoms with Crippen molar-refractivity contribution in [3.05, 3.63) is 42.2 Å². The summed E-state index contributed by atoms with van der Waals surface area (Å²) in [6.07, 6.45) is 1.26. The Morgan fingerprint density at radius 3 is 2.29 bits per heavy atom. The first kappa shape index (κ1) is 22.1. The first-order valence-corrected chi connectivity index (χ1v) is 10.4. The summed E-state index contributed by atoms with van der Waals surface area (Å²) in [6.45, 7) is 4.03. The van der Waals surface area contributed by atoms with Gasteiger partial charge < -0.3 is 15.4 Å². The second-order valence-corrected chi connectivity index (χ2v) is 8.54. The highest BCUT2D eigenvalue weighted by molar-refractivity contribution is 7.88. The van der Waals surface area contributed by atoms with Crippen LogP contribution < -0.4 is 4.90 Å². The summed E-state index contributed by atoms with van der Waals surface area (Å²) >= 11 is 0. The van der Waals surface area contributed by atoms with Crippen molar-refractivity contribution in [2.75, 3.05) is 37.3 Å². The Hall–Kier alpha value is -2.20. The van der Waals surface area contributed by atoms with E-state index in [1.807, 2.05) is 31.2 Å². The van der Waals surface area contributed by atoms with E-state index in [-0.39, 0.29) is 17.9 Å². The van der Waals surface area contributed by atoms with Gasteiger partial charge in [0.1, 0.15) is 11.3 Å². The third-order valence-electron chi connectivity index (χ3n) is 4.66. The van der Waals surface area contributed by atoms with E-state index in [1.54, 1.807) is 0 Å². The molecule has 3 N–H and O–H groups in total. The minimum atomic E-state index is -3.15. The van der Waals surface area contributed by atoms with Gasteiger partial charge in [-0.2, -0.15) is 4.31 Å². The summed E-state index contributed by atoms with van der Waals surface area (Å²) in [6, 6.07) is 12.1. The van der Waals surface area contributed by atoms with Crippen molar-refractivity contribution in [3.63, 3.8) is 0 Å². The van der Waals surface area contributed by atoms with Gasteiger partial charge >= 0.3 is 0 Å². The zero-order valence-corrected chi connectivity index (χ0v) is 17.3. The molecule has 0 bridgehead atoms. The zero-order chi connectivity index (χ0) is 18.3. The largest absolute Gasteiger partial charge is 0.412 e. The molecule has 152 valence electrons. The lowest BCUT2D eigenvalue weighted by Crippen LogP contribution is -2.48. The predicted molar refractivity (Wildman–Crippen MR) is 114 cm³/mol. The molecule has 0 atom stereocenters. The Morgan fingerprint density at radius 2 is 1.68 bits per heavy atom. The van der Waals surface area contributed by atoms with E-state index in [0.717, 1.165) is 28.1 Å². The number of piperazine rings is 1. The second-order valence-electron chi connectivity index (χ2n) is 6.55. The van der Waals surface area contributed by atoms with Crippen molar-refractivity contribution in [2.24, 2.45) is 0 Å². The SMILES string of the molecule is Cc1nc(N2CCN(S(C)(=O)=O)CC2)c2[nH]c(-c3ccccc3)cc2n1.Cl.O. The monoisotopic (exact) mass is 425 g/mol. The summed E-state index contributed by atoms with van der Waals surface area (Å²) in [4.78, 5) is 14.8. The predicted octanol–water partition coefficient (Wildman–Crippen LogP) is 1.61. The van der Waals surface area contributed by atoms with Crippen LogP contribution in [0.4, 0.5) is 5.82 Å². The minimum absolute atomic E-state index is 0. The Bertz CT molecular complexity index is 1050. The molecule has 1 saturated heterocycles. The quantitative estimate of drug-likeness (QED) is 0.684. The number of halogens is 1. The van der Waals surface area contributed by atoms with E-state index in [4.69, 9.17) is 0 Å². The zero-order valence-electron chi connectivity index (χ0n) is 15.7.